The van der Waals surface area contributed by atoms with Crippen LogP contribution in [0.15, 0.2) is 47.7 Å². The van der Waals surface area contributed by atoms with E-state index in [0.29, 0.717) is 17.1 Å². The molecule has 1 aromatic heterocycles. The second-order valence-electron chi connectivity index (χ2n) is 7.43. The van der Waals surface area contributed by atoms with Gasteiger partial charge in [0.25, 0.3) is 0 Å². The molecule has 0 spiro atoms. The molecule has 148 valence electrons. The normalized spacial score (nSPS) is 21.4. The number of H-pyrrole nitrogens is 1. The molecule has 5 rings (SSSR count). The van der Waals surface area contributed by atoms with Gasteiger partial charge in [0, 0.05) is 5.69 Å². The van der Waals surface area contributed by atoms with Gasteiger partial charge < -0.3 is 4.98 Å². The predicted molar refractivity (Wildman–Crippen MR) is 111 cm³/mol. The first-order valence-corrected chi connectivity index (χ1v) is 10.0. The number of imidazole rings is 1. The number of urea groups is 1. The fraction of sp³-hybridized carbons (Fsp3) is 0.286. The Morgan fingerprint density at radius 3 is 2.79 bits per heavy atom. The van der Waals surface area contributed by atoms with E-state index in [0.717, 1.165) is 36.7 Å². The Morgan fingerprint density at radius 1 is 1.17 bits per heavy atom. The number of carbonyl (C=O) groups excluding carboxylic acids is 1. The fourth-order valence-corrected chi connectivity index (χ4v) is 4.25. The van der Waals surface area contributed by atoms with Crippen molar-refractivity contribution >= 4 is 40.2 Å². The minimum atomic E-state index is -0.550. The van der Waals surface area contributed by atoms with Crippen molar-refractivity contribution in [2.75, 3.05) is 4.90 Å². The number of aromatic nitrogens is 2. The largest absolute Gasteiger partial charge is 0.345 e. The van der Waals surface area contributed by atoms with Crippen LogP contribution >= 0.6 is 11.6 Å². The highest BCUT2D eigenvalue weighted by atomic mass is 35.5. The Labute approximate surface area is 171 Å². The van der Waals surface area contributed by atoms with Gasteiger partial charge in [0.2, 0.25) is 0 Å². The molecule has 2 fully saturated rings. The number of nitrogens with one attached hydrogen (secondary N) is 2. The summed E-state index contributed by atoms with van der Waals surface area (Å²) in [6, 6.07) is 9.51. The number of aliphatic imine (C=N–C) groups is 1. The highest BCUT2D eigenvalue weighted by Gasteiger charge is 2.40. The Hall–Kier alpha value is -2.93. The van der Waals surface area contributed by atoms with E-state index in [2.05, 4.69) is 15.3 Å². The molecule has 1 aliphatic heterocycles. The van der Waals surface area contributed by atoms with Crippen molar-refractivity contribution in [3.05, 3.63) is 59.1 Å². The number of hydrogen-bond acceptors (Lipinski definition) is 3. The predicted octanol–water partition coefficient (Wildman–Crippen LogP) is 4.97. The van der Waals surface area contributed by atoms with Crippen molar-refractivity contribution in [2.45, 2.75) is 37.8 Å². The summed E-state index contributed by atoms with van der Waals surface area (Å²) in [5, 5.41) is 2.95. The van der Waals surface area contributed by atoms with Crippen molar-refractivity contribution in [3.63, 3.8) is 0 Å². The number of carbonyl (C=O) groups is 1. The van der Waals surface area contributed by atoms with Gasteiger partial charge >= 0.3 is 6.03 Å². The lowest BCUT2D eigenvalue weighted by atomic mass is 10.0. The van der Waals surface area contributed by atoms with Gasteiger partial charge in [-0.1, -0.05) is 30.5 Å². The summed E-state index contributed by atoms with van der Waals surface area (Å²) in [5.74, 6) is 0.0252. The van der Waals surface area contributed by atoms with Gasteiger partial charge in [-0.15, -0.1) is 0 Å². The first kappa shape index (κ1) is 18.1. The molecule has 0 bridgehead atoms. The monoisotopic (exact) mass is 411 g/mol. The van der Waals surface area contributed by atoms with Crippen LogP contribution in [0.5, 0.6) is 0 Å². The topological polar surface area (TPSA) is 73.4 Å². The van der Waals surface area contributed by atoms with Crippen LogP contribution in [0, 0.1) is 5.82 Å². The number of anilines is 1. The summed E-state index contributed by atoms with van der Waals surface area (Å²) >= 11 is 5.88. The number of amidine groups is 1. The van der Waals surface area contributed by atoms with E-state index in [9.17, 15) is 9.18 Å². The van der Waals surface area contributed by atoms with Gasteiger partial charge in [0.05, 0.1) is 28.4 Å². The number of hydrogen-bond donors (Lipinski definition) is 2. The lowest BCUT2D eigenvalue weighted by Gasteiger charge is -2.24. The minimum Gasteiger partial charge on any atom is -0.345 e. The molecule has 2 N–H and O–H groups in total. The maximum atomic E-state index is 14.2. The van der Waals surface area contributed by atoms with Crippen LogP contribution in [0.2, 0.25) is 5.02 Å². The number of halogens is 2. The molecule has 2 aromatic carbocycles. The Morgan fingerprint density at radius 2 is 2.00 bits per heavy atom. The molecule has 2 heterocycles. The van der Waals surface area contributed by atoms with Gasteiger partial charge in [-0.05, 0) is 48.7 Å². The molecule has 1 aliphatic carbocycles. The molecule has 1 saturated carbocycles. The van der Waals surface area contributed by atoms with Crippen LogP contribution in [-0.2, 0) is 0 Å². The lowest BCUT2D eigenvalue weighted by Crippen LogP contribution is -2.29. The Kier molecular flexibility index (Phi) is 4.47. The molecule has 3 aromatic rings. The van der Waals surface area contributed by atoms with E-state index >= 15 is 0 Å². The second-order valence-corrected chi connectivity index (χ2v) is 7.84. The molecule has 2 aliphatic rings. The molecule has 1 atom stereocenters. The number of nitrogens with zero attached hydrogens (tertiary/aromatic N) is 3. The quantitative estimate of drug-likeness (QED) is 0.638. The number of benzene rings is 2. The SMILES string of the molecule is O=C1N/C(=N/C2CCCC2)C(c2ccc(Cl)c(F)c2)N1c1ccc2[nH]cnc2c1. The molecule has 2 amide bonds. The van der Waals surface area contributed by atoms with Gasteiger partial charge in [0.1, 0.15) is 17.7 Å². The third-order valence-corrected chi connectivity index (χ3v) is 5.87. The fourth-order valence-electron chi connectivity index (χ4n) is 4.14. The number of fused-ring (bicyclic) bond motifs is 1. The third-order valence-electron chi connectivity index (χ3n) is 5.56. The standard InChI is InChI=1S/C21H19ClFN5O/c22-15-7-5-12(9-16(15)23)19-20(26-13-3-1-2-4-13)27-21(29)28(19)14-6-8-17-18(10-14)25-11-24-17/h5-11,13,19H,1-4H2,(H,24,25)(H,26,27,29). The Bertz CT molecular complexity index is 1120. The van der Waals surface area contributed by atoms with Crippen molar-refractivity contribution in [3.8, 4) is 0 Å². The summed E-state index contributed by atoms with van der Waals surface area (Å²) in [6.07, 6.45) is 5.88. The number of rotatable bonds is 3. The molecule has 29 heavy (non-hydrogen) atoms. The van der Waals surface area contributed by atoms with E-state index in [1.807, 2.05) is 18.2 Å². The average Bonchev–Trinajstić information content (AvgIpc) is 3.44. The Balaban J connectivity index is 1.62. The van der Waals surface area contributed by atoms with Crippen LogP contribution in [0.1, 0.15) is 37.3 Å². The van der Waals surface area contributed by atoms with Gasteiger partial charge in [-0.25, -0.2) is 14.2 Å². The molecule has 6 nitrogen and oxygen atoms in total. The summed E-state index contributed by atoms with van der Waals surface area (Å²) in [6.45, 7) is 0. The van der Waals surface area contributed by atoms with E-state index in [1.165, 1.54) is 12.1 Å². The van der Waals surface area contributed by atoms with Crippen LogP contribution < -0.4 is 10.2 Å². The van der Waals surface area contributed by atoms with E-state index in [-0.39, 0.29) is 17.1 Å². The molecule has 0 radical (unpaired) electrons. The highest BCUT2D eigenvalue weighted by Crippen LogP contribution is 2.35. The van der Waals surface area contributed by atoms with Gasteiger partial charge in [-0.3, -0.25) is 15.2 Å². The molecular formula is C21H19ClFN5O. The summed E-state index contributed by atoms with van der Waals surface area (Å²) < 4.78 is 14.2. The molecule has 1 unspecified atom stereocenters. The molecular weight excluding hydrogens is 393 g/mol. The summed E-state index contributed by atoms with van der Waals surface area (Å²) in [7, 11) is 0. The third kappa shape index (κ3) is 3.25. The summed E-state index contributed by atoms with van der Waals surface area (Å²) in [5.41, 5.74) is 2.91. The van der Waals surface area contributed by atoms with Crippen molar-refractivity contribution in [1.82, 2.24) is 15.3 Å². The maximum absolute atomic E-state index is 14.2. The lowest BCUT2D eigenvalue weighted by molar-refractivity contribution is 0.252. The zero-order chi connectivity index (χ0) is 20.0. The zero-order valence-electron chi connectivity index (χ0n) is 15.5. The number of aromatic amines is 1. The van der Waals surface area contributed by atoms with Crippen molar-refractivity contribution in [1.29, 1.82) is 0 Å². The molecule has 8 heteroatoms. The van der Waals surface area contributed by atoms with Crippen LogP contribution in [0.25, 0.3) is 11.0 Å². The second kappa shape index (κ2) is 7.15. The van der Waals surface area contributed by atoms with Crippen LogP contribution in [-0.4, -0.2) is 27.9 Å². The van der Waals surface area contributed by atoms with Crippen molar-refractivity contribution in [2.24, 2.45) is 4.99 Å². The first-order chi connectivity index (χ1) is 14.1. The minimum absolute atomic E-state index is 0.0461. The average molecular weight is 412 g/mol. The smallest absolute Gasteiger partial charge is 0.328 e. The van der Waals surface area contributed by atoms with Gasteiger partial charge in [-0.2, -0.15) is 0 Å². The maximum Gasteiger partial charge on any atom is 0.328 e. The van der Waals surface area contributed by atoms with Crippen molar-refractivity contribution < 1.29 is 9.18 Å². The highest BCUT2D eigenvalue weighted by molar-refractivity contribution is 6.30. The summed E-state index contributed by atoms with van der Waals surface area (Å²) in [4.78, 5) is 26.7. The van der Waals surface area contributed by atoms with E-state index in [4.69, 9.17) is 16.6 Å². The van der Waals surface area contributed by atoms with Crippen LogP contribution in [0.4, 0.5) is 14.9 Å². The van der Waals surface area contributed by atoms with Crippen LogP contribution in [0.3, 0.4) is 0 Å². The van der Waals surface area contributed by atoms with E-state index in [1.54, 1.807) is 17.3 Å². The van der Waals surface area contributed by atoms with Gasteiger partial charge in [0.15, 0.2) is 0 Å². The zero-order valence-corrected chi connectivity index (χ0v) is 16.3. The number of amides is 2. The first-order valence-electron chi connectivity index (χ1n) is 9.66. The van der Waals surface area contributed by atoms with E-state index < -0.39 is 11.9 Å². The molecule has 1 saturated heterocycles.